The first-order valence-electron chi connectivity index (χ1n) is 10.6. The molecule has 1 aliphatic rings. The Morgan fingerprint density at radius 3 is 2.18 bits per heavy atom. The second-order valence-electron chi connectivity index (χ2n) is 7.50. The van der Waals surface area contributed by atoms with Crippen LogP contribution in [0.3, 0.4) is 0 Å². The summed E-state index contributed by atoms with van der Waals surface area (Å²) in [4.78, 5) is 26.8. The van der Waals surface area contributed by atoms with Crippen LogP contribution >= 0.6 is 0 Å². The molecule has 0 N–H and O–H groups in total. The van der Waals surface area contributed by atoms with Gasteiger partial charge in [-0.25, -0.2) is 17.9 Å². The Morgan fingerprint density at radius 2 is 1.56 bits per heavy atom. The van der Waals surface area contributed by atoms with Crippen LogP contribution in [0.1, 0.15) is 10.5 Å². The fourth-order valence-electron chi connectivity index (χ4n) is 3.57. The maximum absolute atomic E-state index is 12.7. The molecule has 0 radical (unpaired) electrons. The van der Waals surface area contributed by atoms with E-state index in [0.717, 1.165) is 5.69 Å². The third-order valence-corrected chi connectivity index (χ3v) is 7.33. The van der Waals surface area contributed by atoms with Crippen molar-refractivity contribution in [2.75, 3.05) is 39.9 Å². The Balaban J connectivity index is 1.33. The van der Waals surface area contributed by atoms with Crippen LogP contribution in [-0.4, -0.2) is 79.2 Å². The minimum absolute atomic E-state index is 0.0436. The van der Waals surface area contributed by atoms with Crippen molar-refractivity contribution in [1.82, 2.24) is 19.0 Å². The number of carbonyl (C=O) groups is 2. The Morgan fingerprint density at radius 1 is 0.941 bits per heavy atom. The number of ether oxygens (including phenoxy) is 2. The largest absolute Gasteiger partial charge is 0.493 e. The number of nitrogens with zero attached hydrogens (tertiary/aromatic N) is 4. The number of hydrogen-bond acceptors (Lipinski definition) is 7. The number of piperazine rings is 1. The van der Waals surface area contributed by atoms with Crippen molar-refractivity contribution in [2.45, 2.75) is 4.90 Å². The van der Waals surface area contributed by atoms with Gasteiger partial charge in [-0.1, -0.05) is 36.4 Å². The van der Waals surface area contributed by atoms with Gasteiger partial charge in [-0.2, -0.15) is 9.40 Å². The topological polar surface area (TPSA) is 111 Å². The monoisotopic (exact) mass is 484 g/mol. The summed E-state index contributed by atoms with van der Waals surface area (Å²) >= 11 is 0. The maximum atomic E-state index is 12.7. The number of esters is 1. The number of methoxy groups -OCH3 is 1. The van der Waals surface area contributed by atoms with Gasteiger partial charge in [-0.3, -0.25) is 4.79 Å². The van der Waals surface area contributed by atoms with Crippen LogP contribution in [0.15, 0.2) is 71.8 Å². The van der Waals surface area contributed by atoms with Gasteiger partial charge in [0.1, 0.15) is 0 Å². The number of rotatable bonds is 7. The van der Waals surface area contributed by atoms with E-state index in [1.165, 1.54) is 21.0 Å². The van der Waals surface area contributed by atoms with Gasteiger partial charge in [-0.05, 0) is 24.3 Å². The molecular formula is C23H24N4O6S. The predicted molar refractivity (Wildman–Crippen MR) is 122 cm³/mol. The minimum atomic E-state index is -3.62. The molecule has 1 saturated heterocycles. The Labute approximate surface area is 197 Å². The van der Waals surface area contributed by atoms with Crippen LogP contribution in [0.4, 0.5) is 0 Å². The summed E-state index contributed by atoms with van der Waals surface area (Å²) in [6, 6.07) is 17.3. The second kappa shape index (κ2) is 10.1. The molecule has 0 atom stereocenters. The molecule has 0 bridgehead atoms. The van der Waals surface area contributed by atoms with Gasteiger partial charge in [0.2, 0.25) is 15.7 Å². The Hall–Kier alpha value is -3.70. The van der Waals surface area contributed by atoms with E-state index in [1.807, 2.05) is 30.3 Å². The molecule has 1 amide bonds. The predicted octanol–water partition coefficient (Wildman–Crippen LogP) is 1.57. The average Bonchev–Trinajstić information content (AvgIpc) is 3.33. The first kappa shape index (κ1) is 23.5. The van der Waals surface area contributed by atoms with Crippen molar-refractivity contribution in [3.05, 3.63) is 72.6 Å². The first-order valence-corrected chi connectivity index (χ1v) is 12.0. The smallest absolute Gasteiger partial charge is 0.363 e. The highest BCUT2D eigenvalue weighted by Gasteiger charge is 2.30. The van der Waals surface area contributed by atoms with Crippen molar-refractivity contribution in [3.63, 3.8) is 0 Å². The van der Waals surface area contributed by atoms with Gasteiger partial charge < -0.3 is 14.4 Å². The molecule has 4 rings (SSSR count). The average molecular weight is 485 g/mol. The lowest BCUT2D eigenvalue weighted by Gasteiger charge is -2.33. The summed E-state index contributed by atoms with van der Waals surface area (Å²) in [6.45, 7) is 0.243. The van der Waals surface area contributed by atoms with Crippen molar-refractivity contribution in [1.29, 1.82) is 0 Å². The van der Waals surface area contributed by atoms with E-state index in [-0.39, 0.29) is 42.5 Å². The number of amides is 1. The van der Waals surface area contributed by atoms with Gasteiger partial charge in [-0.15, -0.1) is 0 Å². The number of sulfonamides is 1. The van der Waals surface area contributed by atoms with Crippen LogP contribution in [0, 0.1) is 0 Å². The summed E-state index contributed by atoms with van der Waals surface area (Å²) in [7, 11) is -2.20. The van der Waals surface area contributed by atoms with E-state index in [9.17, 15) is 18.0 Å². The summed E-state index contributed by atoms with van der Waals surface area (Å²) in [5, 5.41) is 4.23. The number of benzene rings is 2. The normalized spacial score (nSPS) is 14.6. The Bertz CT molecular complexity index is 1250. The SMILES string of the molecule is COc1cn(-c2ccccc2)nc1C(=O)OCC(=O)N1CCN(S(=O)(=O)c2ccccc2)CC1. The van der Waals surface area contributed by atoms with Crippen LogP contribution in [0.25, 0.3) is 5.69 Å². The van der Waals surface area contributed by atoms with Crippen LogP contribution < -0.4 is 4.74 Å². The lowest BCUT2D eigenvalue weighted by molar-refractivity contribution is -0.135. The molecule has 11 heteroatoms. The van der Waals surface area contributed by atoms with E-state index in [4.69, 9.17) is 9.47 Å². The van der Waals surface area contributed by atoms with Crippen LogP contribution in [-0.2, 0) is 19.6 Å². The van der Waals surface area contributed by atoms with Gasteiger partial charge in [0.25, 0.3) is 5.91 Å². The third-order valence-electron chi connectivity index (χ3n) is 5.41. The summed E-state index contributed by atoms with van der Waals surface area (Å²) in [5.74, 6) is -0.974. The molecular weight excluding hydrogens is 460 g/mol. The Kier molecular flexibility index (Phi) is 6.94. The molecule has 1 aromatic heterocycles. The van der Waals surface area contributed by atoms with Gasteiger partial charge in [0.05, 0.1) is 23.9 Å². The van der Waals surface area contributed by atoms with E-state index >= 15 is 0 Å². The highest BCUT2D eigenvalue weighted by atomic mass is 32.2. The quantitative estimate of drug-likeness (QED) is 0.468. The zero-order valence-corrected chi connectivity index (χ0v) is 19.3. The fourth-order valence-corrected chi connectivity index (χ4v) is 5.01. The zero-order chi connectivity index (χ0) is 24.1. The zero-order valence-electron chi connectivity index (χ0n) is 18.5. The highest BCUT2D eigenvalue weighted by molar-refractivity contribution is 7.89. The van der Waals surface area contributed by atoms with Gasteiger partial charge >= 0.3 is 5.97 Å². The summed E-state index contributed by atoms with van der Waals surface area (Å²) in [6.07, 6.45) is 1.56. The molecule has 0 saturated carbocycles. The molecule has 2 aromatic carbocycles. The molecule has 3 aromatic rings. The molecule has 1 fully saturated rings. The fraction of sp³-hybridized carbons (Fsp3) is 0.261. The van der Waals surface area contributed by atoms with E-state index in [2.05, 4.69) is 5.10 Å². The number of aromatic nitrogens is 2. The summed E-state index contributed by atoms with van der Waals surface area (Å²) < 4.78 is 38.7. The van der Waals surface area contributed by atoms with Crippen LogP contribution in [0.5, 0.6) is 5.75 Å². The molecule has 0 unspecified atom stereocenters. The number of hydrogen-bond donors (Lipinski definition) is 0. The van der Waals surface area contributed by atoms with Crippen molar-refractivity contribution in [3.8, 4) is 11.4 Å². The summed E-state index contributed by atoms with van der Waals surface area (Å²) in [5.41, 5.74) is 0.692. The molecule has 0 aliphatic carbocycles. The van der Waals surface area contributed by atoms with E-state index < -0.39 is 28.5 Å². The number of carbonyl (C=O) groups excluding carboxylic acids is 2. The van der Waals surface area contributed by atoms with Gasteiger partial charge in [0, 0.05) is 26.2 Å². The van der Waals surface area contributed by atoms with Gasteiger partial charge in [0.15, 0.2) is 12.4 Å². The third kappa shape index (κ3) is 4.95. The maximum Gasteiger partial charge on any atom is 0.363 e. The molecule has 0 spiro atoms. The number of para-hydroxylation sites is 1. The molecule has 1 aliphatic heterocycles. The first-order chi connectivity index (χ1) is 16.4. The molecule has 178 valence electrons. The molecule has 34 heavy (non-hydrogen) atoms. The standard InChI is InChI=1S/C23H24N4O6S/c1-32-20-16-27(18-8-4-2-5-9-18)24-22(20)23(29)33-17-21(28)25-12-14-26(15-13-25)34(30,31)19-10-6-3-7-11-19/h2-11,16H,12-15,17H2,1H3. The highest BCUT2D eigenvalue weighted by Crippen LogP contribution is 2.21. The van der Waals surface area contributed by atoms with Crippen molar-refractivity contribution < 1.29 is 27.5 Å². The van der Waals surface area contributed by atoms with Crippen LogP contribution in [0.2, 0.25) is 0 Å². The lowest BCUT2D eigenvalue weighted by Crippen LogP contribution is -2.51. The lowest BCUT2D eigenvalue weighted by atomic mass is 10.3. The second-order valence-corrected chi connectivity index (χ2v) is 9.44. The van der Waals surface area contributed by atoms with E-state index in [0.29, 0.717) is 0 Å². The molecule has 10 nitrogen and oxygen atoms in total. The molecule has 2 heterocycles. The minimum Gasteiger partial charge on any atom is -0.493 e. The van der Waals surface area contributed by atoms with Crippen molar-refractivity contribution >= 4 is 21.9 Å². The van der Waals surface area contributed by atoms with Crippen molar-refractivity contribution in [2.24, 2.45) is 0 Å². The van der Waals surface area contributed by atoms with E-state index in [1.54, 1.807) is 36.5 Å².